The third kappa shape index (κ3) is 3.78. The summed E-state index contributed by atoms with van der Waals surface area (Å²) in [6.45, 7) is 3.91. The van der Waals surface area contributed by atoms with E-state index in [1.54, 1.807) is 13.0 Å². The Morgan fingerprint density at radius 3 is 2.83 bits per heavy atom. The molecule has 0 aromatic heterocycles. The number of hydrogen-bond acceptors (Lipinski definition) is 3. The molecule has 3 rings (SSSR count). The van der Waals surface area contributed by atoms with Crippen LogP contribution in [0.2, 0.25) is 0 Å². The van der Waals surface area contributed by atoms with Crippen molar-refractivity contribution in [3.63, 3.8) is 0 Å². The maximum Gasteiger partial charge on any atom is 0.255 e. The number of nitrogens with one attached hydrogen (secondary N) is 1. The first-order chi connectivity index (χ1) is 11.5. The fraction of sp³-hybridized carbons (Fsp3) is 0.632. The molecule has 0 bridgehead atoms. The first kappa shape index (κ1) is 17.4. The molecule has 24 heavy (non-hydrogen) atoms. The fourth-order valence-corrected chi connectivity index (χ4v) is 3.55. The minimum absolute atomic E-state index is 0.150. The maximum absolute atomic E-state index is 13.6. The molecule has 132 valence electrons. The third-order valence-corrected chi connectivity index (χ3v) is 5.39. The number of piperidine rings is 1. The summed E-state index contributed by atoms with van der Waals surface area (Å²) in [6, 6.07) is 5.10. The van der Waals surface area contributed by atoms with E-state index in [4.69, 9.17) is 0 Å². The predicted octanol–water partition coefficient (Wildman–Crippen LogP) is 2.38. The van der Waals surface area contributed by atoms with Gasteiger partial charge in [0.25, 0.3) is 5.91 Å². The van der Waals surface area contributed by atoms with E-state index in [0.29, 0.717) is 24.4 Å². The summed E-state index contributed by atoms with van der Waals surface area (Å²) in [5.41, 5.74) is 0.105. The highest BCUT2D eigenvalue weighted by molar-refractivity contribution is 5.86. The normalized spacial score (nSPS) is 25.0. The van der Waals surface area contributed by atoms with Gasteiger partial charge in [-0.25, -0.2) is 4.39 Å². The van der Waals surface area contributed by atoms with E-state index >= 15 is 0 Å². The number of amides is 1. The number of benzene rings is 1. The van der Waals surface area contributed by atoms with Crippen molar-refractivity contribution in [1.82, 2.24) is 10.2 Å². The van der Waals surface area contributed by atoms with E-state index in [-0.39, 0.29) is 18.3 Å². The second-order valence-corrected chi connectivity index (χ2v) is 7.37. The van der Waals surface area contributed by atoms with Gasteiger partial charge in [-0.15, -0.1) is 0 Å². The van der Waals surface area contributed by atoms with Gasteiger partial charge in [-0.3, -0.25) is 4.79 Å². The largest absolute Gasteiger partial charge is 0.379 e. The van der Waals surface area contributed by atoms with Crippen molar-refractivity contribution in [3.05, 3.63) is 35.1 Å². The average Bonchev–Trinajstić information content (AvgIpc) is 2.51. The van der Waals surface area contributed by atoms with E-state index in [2.05, 4.69) is 5.32 Å². The standard InChI is InChI=1S/C19H27FN2O2/c1-14-6-7-16(10-17(14)20)11-21-13-19(24)8-3-9-22(18(19)23)12-15-4-2-5-15/h6-7,10,15,21,24H,2-5,8-9,11-13H2,1H3/t19-/m1/s1. The van der Waals surface area contributed by atoms with Crippen LogP contribution in [-0.4, -0.2) is 41.1 Å². The van der Waals surface area contributed by atoms with Gasteiger partial charge in [0.1, 0.15) is 5.82 Å². The Morgan fingerprint density at radius 1 is 1.38 bits per heavy atom. The van der Waals surface area contributed by atoms with Crippen molar-refractivity contribution in [2.75, 3.05) is 19.6 Å². The summed E-state index contributed by atoms with van der Waals surface area (Å²) in [5.74, 6) is 0.233. The Balaban J connectivity index is 1.54. The van der Waals surface area contributed by atoms with Crippen LogP contribution in [0.25, 0.3) is 0 Å². The molecular formula is C19H27FN2O2. The Kier molecular flexibility index (Phi) is 5.21. The molecule has 1 amide bonds. The van der Waals surface area contributed by atoms with Crippen LogP contribution in [-0.2, 0) is 11.3 Å². The number of carbonyl (C=O) groups is 1. The molecule has 1 saturated heterocycles. The Bertz CT molecular complexity index is 603. The molecular weight excluding hydrogens is 307 g/mol. The van der Waals surface area contributed by atoms with E-state index in [0.717, 1.165) is 25.1 Å². The van der Waals surface area contributed by atoms with Gasteiger partial charge in [0.15, 0.2) is 5.60 Å². The van der Waals surface area contributed by atoms with Crippen LogP contribution in [0.1, 0.15) is 43.2 Å². The second kappa shape index (κ2) is 7.19. The molecule has 0 radical (unpaired) electrons. The summed E-state index contributed by atoms with van der Waals surface area (Å²) >= 11 is 0. The van der Waals surface area contributed by atoms with Gasteiger partial charge >= 0.3 is 0 Å². The van der Waals surface area contributed by atoms with Gasteiger partial charge in [0, 0.05) is 26.2 Å². The van der Waals surface area contributed by atoms with E-state index in [9.17, 15) is 14.3 Å². The van der Waals surface area contributed by atoms with Crippen LogP contribution in [0.4, 0.5) is 4.39 Å². The molecule has 4 nitrogen and oxygen atoms in total. The highest BCUT2D eigenvalue weighted by Gasteiger charge is 2.42. The lowest BCUT2D eigenvalue weighted by molar-refractivity contribution is -0.157. The van der Waals surface area contributed by atoms with Crippen molar-refractivity contribution in [3.8, 4) is 0 Å². The fourth-order valence-electron chi connectivity index (χ4n) is 3.55. The summed E-state index contributed by atoms with van der Waals surface area (Å²) in [6.07, 6.45) is 4.96. The van der Waals surface area contributed by atoms with Gasteiger partial charge in [-0.1, -0.05) is 18.6 Å². The summed E-state index contributed by atoms with van der Waals surface area (Å²) in [7, 11) is 0. The van der Waals surface area contributed by atoms with Crippen LogP contribution in [0, 0.1) is 18.7 Å². The number of carbonyl (C=O) groups excluding carboxylic acids is 1. The molecule has 1 aromatic rings. The lowest BCUT2D eigenvalue weighted by Gasteiger charge is -2.41. The third-order valence-electron chi connectivity index (χ3n) is 5.39. The molecule has 1 aliphatic heterocycles. The molecule has 1 heterocycles. The van der Waals surface area contributed by atoms with Crippen LogP contribution < -0.4 is 5.32 Å². The Labute approximate surface area is 143 Å². The molecule has 1 saturated carbocycles. The second-order valence-electron chi connectivity index (χ2n) is 7.37. The lowest BCUT2D eigenvalue weighted by atomic mass is 9.83. The van der Waals surface area contributed by atoms with Crippen LogP contribution in [0.15, 0.2) is 18.2 Å². The molecule has 1 aromatic carbocycles. The minimum atomic E-state index is -1.33. The van der Waals surface area contributed by atoms with Crippen molar-refractivity contribution in [1.29, 1.82) is 0 Å². The average molecular weight is 334 g/mol. The number of rotatable bonds is 6. The predicted molar refractivity (Wildman–Crippen MR) is 90.9 cm³/mol. The monoisotopic (exact) mass is 334 g/mol. The molecule has 0 unspecified atom stereocenters. The molecule has 1 atom stereocenters. The molecule has 1 aliphatic carbocycles. The van der Waals surface area contributed by atoms with Crippen molar-refractivity contribution < 1.29 is 14.3 Å². The van der Waals surface area contributed by atoms with E-state index in [1.165, 1.54) is 25.3 Å². The van der Waals surface area contributed by atoms with E-state index < -0.39 is 5.60 Å². The SMILES string of the molecule is Cc1ccc(CNC[C@]2(O)CCCN(CC3CCC3)C2=O)cc1F. The zero-order valence-corrected chi connectivity index (χ0v) is 14.4. The first-order valence-corrected chi connectivity index (χ1v) is 8.95. The maximum atomic E-state index is 13.6. The quantitative estimate of drug-likeness (QED) is 0.840. The summed E-state index contributed by atoms with van der Waals surface area (Å²) in [4.78, 5) is 14.5. The minimum Gasteiger partial charge on any atom is -0.379 e. The topological polar surface area (TPSA) is 52.6 Å². The number of hydrogen-bond donors (Lipinski definition) is 2. The highest BCUT2D eigenvalue weighted by Crippen LogP contribution is 2.30. The van der Waals surface area contributed by atoms with Crippen molar-refractivity contribution in [2.24, 2.45) is 5.92 Å². The van der Waals surface area contributed by atoms with E-state index in [1.807, 2.05) is 11.0 Å². The summed E-state index contributed by atoms with van der Waals surface area (Å²) < 4.78 is 13.6. The first-order valence-electron chi connectivity index (χ1n) is 8.95. The van der Waals surface area contributed by atoms with Crippen molar-refractivity contribution >= 4 is 5.91 Å². The number of likely N-dealkylation sites (tertiary alicyclic amines) is 1. The number of aliphatic hydroxyl groups is 1. The lowest BCUT2D eigenvalue weighted by Crippen LogP contribution is -2.58. The molecule has 5 heteroatoms. The molecule has 0 spiro atoms. The Morgan fingerprint density at radius 2 is 2.17 bits per heavy atom. The van der Waals surface area contributed by atoms with Gasteiger partial charge in [0.2, 0.25) is 0 Å². The van der Waals surface area contributed by atoms with Gasteiger partial charge in [0.05, 0.1) is 0 Å². The molecule has 2 aliphatic rings. The summed E-state index contributed by atoms with van der Waals surface area (Å²) in [5, 5.41) is 13.9. The van der Waals surface area contributed by atoms with Crippen LogP contribution >= 0.6 is 0 Å². The molecule has 2 fully saturated rings. The zero-order valence-electron chi connectivity index (χ0n) is 14.4. The van der Waals surface area contributed by atoms with Crippen LogP contribution in [0.5, 0.6) is 0 Å². The van der Waals surface area contributed by atoms with Gasteiger partial charge in [-0.05, 0) is 55.7 Å². The Hall–Kier alpha value is -1.46. The highest BCUT2D eigenvalue weighted by atomic mass is 19.1. The van der Waals surface area contributed by atoms with Gasteiger partial charge in [-0.2, -0.15) is 0 Å². The van der Waals surface area contributed by atoms with Crippen molar-refractivity contribution in [2.45, 2.75) is 51.2 Å². The smallest absolute Gasteiger partial charge is 0.255 e. The van der Waals surface area contributed by atoms with Crippen LogP contribution in [0.3, 0.4) is 0 Å². The number of halogens is 1. The van der Waals surface area contributed by atoms with Gasteiger partial charge < -0.3 is 15.3 Å². The molecule has 2 N–H and O–H groups in total. The number of aryl methyl sites for hydroxylation is 1. The zero-order chi connectivity index (χ0) is 17.2. The number of nitrogens with zero attached hydrogens (tertiary/aromatic N) is 1.